The number of benzene rings is 1. The summed E-state index contributed by atoms with van der Waals surface area (Å²) in [5, 5.41) is 5.97. The Morgan fingerprint density at radius 2 is 1.85 bits per heavy atom. The molecule has 6 nitrogen and oxygen atoms in total. The van der Waals surface area contributed by atoms with Crippen LogP contribution in [-0.4, -0.2) is 50.6 Å². The average molecular weight is 476 g/mol. The monoisotopic (exact) mass is 476 g/mol. The molecule has 1 aromatic carbocycles. The van der Waals surface area contributed by atoms with Crippen molar-refractivity contribution in [2.75, 3.05) is 33.8 Å². The van der Waals surface area contributed by atoms with Crippen molar-refractivity contribution in [2.45, 2.75) is 34.2 Å². The molecule has 0 heterocycles. The second-order valence-corrected chi connectivity index (χ2v) is 6.57. The first kappa shape index (κ1) is 24.5. The van der Waals surface area contributed by atoms with Crippen molar-refractivity contribution in [1.29, 1.82) is 0 Å². The summed E-state index contributed by atoms with van der Waals surface area (Å²) in [6, 6.07) is 8.07. The SMILES string of the molecule is CCNC(=NCC(C)(C)C(=O)NC)N(C)Cc1ccc(OCC)cc1.I. The van der Waals surface area contributed by atoms with Crippen LogP contribution in [0, 0.1) is 5.41 Å². The number of carbonyl (C=O) groups excluding carboxylic acids is 1. The third-order valence-electron chi connectivity index (χ3n) is 3.82. The summed E-state index contributed by atoms with van der Waals surface area (Å²) in [6.07, 6.45) is 0. The zero-order valence-electron chi connectivity index (χ0n) is 16.8. The quantitative estimate of drug-likeness (QED) is 0.344. The van der Waals surface area contributed by atoms with Crippen molar-refractivity contribution in [1.82, 2.24) is 15.5 Å². The number of carbonyl (C=O) groups is 1. The number of aliphatic imine (C=N–C) groups is 1. The molecule has 7 heteroatoms. The van der Waals surface area contributed by atoms with Gasteiger partial charge in [0.2, 0.25) is 5.91 Å². The summed E-state index contributed by atoms with van der Waals surface area (Å²) in [4.78, 5) is 18.6. The van der Waals surface area contributed by atoms with E-state index in [1.807, 2.05) is 46.9 Å². The molecule has 0 aromatic heterocycles. The second kappa shape index (κ2) is 12.0. The van der Waals surface area contributed by atoms with Gasteiger partial charge in [0.1, 0.15) is 5.75 Å². The van der Waals surface area contributed by atoms with E-state index < -0.39 is 5.41 Å². The molecule has 0 saturated heterocycles. The highest BCUT2D eigenvalue weighted by molar-refractivity contribution is 14.0. The predicted octanol–water partition coefficient (Wildman–Crippen LogP) is 2.87. The van der Waals surface area contributed by atoms with Gasteiger partial charge in [-0.05, 0) is 45.4 Å². The molecule has 0 bridgehead atoms. The van der Waals surface area contributed by atoms with Crippen LogP contribution in [0.5, 0.6) is 5.75 Å². The highest BCUT2D eigenvalue weighted by Gasteiger charge is 2.26. The van der Waals surface area contributed by atoms with E-state index in [0.29, 0.717) is 13.2 Å². The Labute approximate surface area is 174 Å². The van der Waals surface area contributed by atoms with Crippen molar-refractivity contribution in [3.8, 4) is 5.75 Å². The number of rotatable bonds is 8. The van der Waals surface area contributed by atoms with Crippen LogP contribution in [-0.2, 0) is 11.3 Å². The van der Waals surface area contributed by atoms with E-state index in [-0.39, 0.29) is 29.9 Å². The molecular weight excluding hydrogens is 443 g/mol. The normalized spacial score (nSPS) is 11.4. The molecule has 1 amide bonds. The van der Waals surface area contributed by atoms with Gasteiger partial charge in [-0.15, -0.1) is 24.0 Å². The van der Waals surface area contributed by atoms with Crippen LogP contribution >= 0.6 is 24.0 Å². The first-order valence-electron chi connectivity index (χ1n) is 8.77. The Hall–Kier alpha value is -1.51. The van der Waals surface area contributed by atoms with Crippen molar-refractivity contribution in [3.63, 3.8) is 0 Å². The molecule has 0 aliphatic carbocycles. The van der Waals surface area contributed by atoms with Gasteiger partial charge in [-0.2, -0.15) is 0 Å². The van der Waals surface area contributed by atoms with Crippen LogP contribution in [0.3, 0.4) is 0 Å². The number of nitrogens with zero attached hydrogens (tertiary/aromatic N) is 2. The molecule has 1 rings (SSSR count). The van der Waals surface area contributed by atoms with Gasteiger partial charge >= 0.3 is 0 Å². The Balaban J connectivity index is 0.00000625. The van der Waals surface area contributed by atoms with E-state index in [9.17, 15) is 4.79 Å². The maximum Gasteiger partial charge on any atom is 0.227 e. The number of ether oxygens (including phenoxy) is 1. The molecule has 26 heavy (non-hydrogen) atoms. The van der Waals surface area contributed by atoms with Gasteiger partial charge in [0.15, 0.2) is 5.96 Å². The van der Waals surface area contributed by atoms with E-state index >= 15 is 0 Å². The molecule has 2 N–H and O–H groups in total. The largest absolute Gasteiger partial charge is 0.494 e. The van der Waals surface area contributed by atoms with Gasteiger partial charge < -0.3 is 20.3 Å². The lowest BCUT2D eigenvalue weighted by Gasteiger charge is -2.25. The molecule has 0 radical (unpaired) electrons. The third kappa shape index (κ3) is 7.80. The topological polar surface area (TPSA) is 66.0 Å². The van der Waals surface area contributed by atoms with E-state index in [1.54, 1.807) is 7.05 Å². The Kier molecular flexibility index (Phi) is 11.3. The molecule has 0 unspecified atom stereocenters. The van der Waals surface area contributed by atoms with Gasteiger partial charge in [-0.25, -0.2) is 0 Å². The first-order chi connectivity index (χ1) is 11.8. The van der Waals surface area contributed by atoms with Crippen LogP contribution in [0.4, 0.5) is 0 Å². The van der Waals surface area contributed by atoms with Crippen LogP contribution in [0.2, 0.25) is 0 Å². The summed E-state index contributed by atoms with van der Waals surface area (Å²) in [6.45, 7) is 10.4. The number of amides is 1. The highest BCUT2D eigenvalue weighted by Crippen LogP contribution is 2.16. The zero-order chi connectivity index (χ0) is 18.9. The fourth-order valence-electron chi connectivity index (χ4n) is 2.36. The predicted molar refractivity (Wildman–Crippen MR) is 118 cm³/mol. The van der Waals surface area contributed by atoms with Crippen LogP contribution in [0.15, 0.2) is 29.3 Å². The van der Waals surface area contributed by atoms with Crippen molar-refractivity contribution in [3.05, 3.63) is 29.8 Å². The van der Waals surface area contributed by atoms with Crippen LogP contribution in [0.25, 0.3) is 0 Å². The first-order valence-corrected chi connectivity index (χ1v) is 8.77. The summed E-state index contributed by atoms with van der Waals surface area (Å²) in [5.41, 5.74) is 0.622. The Morgan fingerprint density at radius 3 is 2.35 bits per heavy atom. The minimum atomic E-state index is -0.546. The number of halogens is 1. The molecule has 0 spiro atoms. The minimum Gasteiger partial charge on any atom is -0.494 e. The molecule has 0 fully saturated rings. The van der Waals surface area contributed by atoms with Crippen molar-refractivity contribution >= 4 is 35.8 Å². The average Bonchev–Trinajstić information content (AvgIpc) is 2.59. The van der Waals surface area contributed by atoms with Crippen molar-refractivity contribution < 1.29 is 9.53 Å². The van der Waals surface area contributed by atoms with Gasteiger partial charge in [0, 0.05) is 27.2 Å². The fourth-order valence-corrected chi connectivity index (χ4v) is 2.36. The van der Waals surface area contributed by atoms with Crippen molar-refractivity contribution in [2.24, 2.45) is 10.4 Å². The third-order valence-corrected chi connectivity index (χ3v) is 3.82. The zero-order valence-corrected chi connectivity index (χ0v) is 19.1. The molecular formula is C19H33IN4O2. The maximum absolute atomic E-state index is 11.9. The highest BCUT2D eigenvalue weighted by atomic mass is 127. The van der Waals surface area contributed by atoms with Crippen LogP contribution in [0.1, 0.15) is 33.3 Å². The number of hydrogen-bond donors (Lipinski definition) is 2. The number of hydrogen-bond acceptors (Lipinski definition) is 3. The molecule has 0 atom stereocenters. The number of guanidine groups is 1. The summed E-state index contributed by atoms with van der Waals surface area (Å²) < 4.78 is 5.47. The molecule has 0 aliphatic heterocycles. The van der Waals surface area contributed by atoms with Gasteiger partial charge in [-0.1, -0.05) is 12.1 Å². The van der Waals surface area contributed by atoms with E-state index in [0.717, 1.165) is 24.8 Å². The summed E-state index contributed by atoms with van der Waals surface area (Å²) in [7, 11) is 3.64. The minimum absolute atomic E-state index is 0. The number of nitrogens with one attached hydrogen (secondary N) is 2. The lowest BCUT2D eigenvalue weighted by molar-refractivity contribution is -0.128. The fraction of sp³-hybridized carbons (Fsp3) is 0.579. The van der Waals surface area contributed by atoms with E-state index in [4.69, 9.17) is 4.74 Å². The van der Waals surface area contributed by atoms with Gasteiger partial charge in [-0.3, -0.25) is 9.79 Å². The van der Waals surface area contributed by atoms with Gasteiger partial charge in [0.25, 0.3) is 0 Å². The molecule has 0 aliphatic rings. The molecule has 1 aromatic rings. The summed E-state index contributed by atoms with van der Waals surface area (Å²) in [5.74, 6) is 1.65. The Bertz CT molecular complexity index is 573. The van der Waals surface area contributed by atoms with Gasteiger partial charge in [0.05, 0.1) is 18.6 Å². The lowest BCUT2D eigenvalue weighted by Crippen LogP contribution is -2.41. The van der Waals surface area contributed by atoms with E-state index in [2.05, 4.69) is 32.7 Å². The molecule has 0 saturated carbocycles. The second-order valence-electron chi connectivity index (χ2n) is 6.57. The lowest BCUT2D eigenvalue weighted by atomic mass is 9.93. The molecule has 148 valence electrons. The van der Waals surface area contributed by atoms with E-state index in [1.165, 1.54) is 5.56 Å². The van der Waals surface area contributed by atoms with Crippen LogP contribution < -0.4 is 15.4 Å². The standard InChI is InChI=1S/C19H32N4O2.HI/c1-7-21-18(22-14-19(3,4)17(24)20-5)23(6)13-15-9-11-16(12-10-15)25-8-2;/h9-12H,7-8,13-14H2,1-6H3,(H,20,24)(H,21,22);1H. The Morgan fingerprint density at radius 1 is 1.23 bits per heavy atom. The summed E-state index contributed by atoms with van der Waals surface area (Å²) >= 11 is 0. The smallest absolute Gasteiger partial charge is 0.227 e. The maximum atomic E-state index is 11.9.